The summed E-state index contributed by atoms with van der Waals surface area (Å²) >= 11 is 6.50. The van der Waals surface area contributed by atoms with Gasteiger partial charge in [0.25, 0.3) is 5.91 Å². The van der Waals surface area contributed by atoms with E-state index in [4.69, 9.17) is 16.3 Å². The number of aromatic nitrogens is 2. The van der Waals surface area contributed by atoms with Crippen LogP contribution in [0.5, 0.6) is 5.75 Å². The number of halogens is 2. The summed E-state index contributed by atoms with van der Waals surface area (Å²) in [5.41, 5.74) is 2.38. The summed E-state index contributed by atoms with van der Waals surface area (Å²) < 4.78 is 55.1. The molecular weight excluding hydrogens is 742 g/mol. The number of carbonyl (C=O) groups is 1. The highest BCUT2D eigenvalue weighted by Gasteiger charge is 2.29. The third-order valence-electron chi connectivity index (χ3n) is 9.55. The van der Waals surface area contributed by atoms with Gasteiger partial charge in [-0.15, -0.1) is 3.89 Å². The fraction of sp³-hybridized carbons (Fsp3) is 0.361. The number of methoxy groups -OCH3 is 1. The van der Waals surface area contributed by atoms with Crippen LogP contribution in [0.3, 0.4) is 0 Å². The van der Waals surface area contributed by atoms with Gasteiger partial charge in [0.2, 0.25) is 5.95 Å². The van der Waals surface area contributed by atoms with Crippen molar-refractivity contribution in [2.75, 3.05) is 87.6 Å². The zero-order chi connectivity index (χ0) is 37.9. The number of hydrogen-bond acceptors (Lipinski definition) is 12. The molecule has 3 N–H and O–H groups in total. The molecule has 0 spiro atoms. The Bertz CT molecular complexity index is 2120. The van der Waals surface area contributed by atoms with Crippen molar-refractivity contribution in [2.24, 2.45) is 0 Å². The van der Waals surface area contributed by atoms with E-state index < -0.39 is 28.2 Å². The van der Waals surface area contributed by atoms with Crippen LogP contribution in [-0.2, 0) is 14.8 Å². The van der Waals surface area contributed by atoms with Crippen LogP contribution in [0.25, 0.3) is 0 Å². The number of carbonyl (C=O) groups excluding carboxylic acids is 1. The molecule has 0 saturated carbocycles. The van der Waals surface area contributed by atoms with Gasteiger partial charge in [-0.25, -0.2) is 4.98 Å². The van der Waals surface area contributed by atoms with Crippen molar-refractivity contribution in [2.45, 2.75) is 23.8 Å². The highest BCUT2D eigenvalue weighted by atomic mass is 35.5. The number of hydrogen-bond donors (Lipinski definition) is 3. The van der Waals surface area contributed by atoms with E-state index >= 15 is 0 Å². The molecule has 0 bridgehead atoms. The summed E-state index contributed by atoms with van der Waals surface area (Å²) in [7, 11) is -3.86. The monoisotopic (exact) mass is 784 g/mol. The Morgan fingerprint density at radius 1 is 0.943 bits per heavy atom. The molecule has 6 rings (SSSR count). The summed E-state index contributed by atoms with van der Waals surface area (Å²) in [5.74, 6) is 0.406. The lowest BCUT2D eigenvalue weighted by atomic mass is 10.0. The van der Waals surface area contributed by atoms with E-state index in [1.54, 1.807) is 38.6 Å². The summed E-state index contributed by atoms with van der Waals surface area (Å²) in [6.07, 6.45) is 3.33. The van der Waals surface area contributed by atoms with E-state index in [9.17, 15) is 21.7 Å². The van der Waals surface area contributed by atoms with E-state index in [0.717, 1.165) is 69.9 Å². The molecule has 1 amide bonds. The number of rotatable bonds is 11. The number of amides is 1. The number of nitrogens with one attached hydrogen (secondary N) is 3. The SMILES string of the molecule is COc1cc(N2CCC(N3CCN(C)CC3)CC2)c(NC(=O)c2ccc(S(=O)(=O)F)cc2)cc1Nc1ncc(Cl)c(Nc2ccccc2P(C)(C)=O)n1. The van der Waals surface area contributed by atoms with E-state index in [0.29, 0.717) is 34.2 Å². The van der Waals surface area contributed by atoms with Crippen LogP contribution < -0.4 is 30.9 Å². The number of para-hydroxylation sites is 1. The van der Waals surface area contributed by atoms with Gasteiger partial charge in [0.05, 0.1) is 41.0 Å². The average molecular weight is 785 g/mol. The van der Waals surface area contributed by atoms with Crippen LogP contribution >= 0.6 is 18.7 Å². The number of nitrogens with zero attached hydrogens (tertiary/aromatic N) is 5. The Morgan fingerprint density at radius 2 is 1.62 bits per heavy atom. The van der Waals surface area contributed by atoms with Gasteiger partial charge < -0.3 is 35.1 Å². The smallest absolute Gasteiger partial charge is 0.332 e. The van der Waals surface area contributed by atoms with Crippen LogP contribution in [0, 0.1) is 0 Å². The zero-order valence-electron chi connectivity index (χ0n) is 30.0. The molecule has 0 unspecified atom stereocenters. The van der Waals surface area contributed by atoms with Gasteiger partial charge in [0.1, 0.15) is 17.9 Å². The molecule has 2 saturated heterocycles. The van der Waals surface area contributed by atoms with Gasteiger partial charge in [0, 0.05) is 62.2 Å². The number of ether oxygens (including phenoxy) is 1. The third-order valence-corrected chi connectivity index (χ3v) is 12.2. The van der Waals surface area contributed by atoms with E-state index in [1.165, 1.54) is 18.3 Å². The predicted octanol–water partition coefficient (Wildman–Crippen LogP) is 6.00. The van der Waals surface area contributed by atoms with Gasteiger partial charge in [-0.1, -0.05) is 23.7 Å². The second kappa shape index (κ2) is 16.0. The Morgan fingerprint density at radius 3 is 2.26 bits per heavy atom. The molecule has 0 atom stereocenters. The van der Waals surface area contributed by atoms with Crippen LogP contribution in [0.2, 0.25) is 5.02 Å². The first kappa shape index (κ1) is 38.5. The first-order chi connectivity index (χ1) is 25.2. The minimum absolute atomic E-state index is 0.142. The maximum atomic E-state index is 13.6. The molecule has 1 aromatic heterocycles. The molecule has 0 radical (unpaired) electrons. The standard InChI is InChI=1S/C36H43ClFN8O5PS/c1-44-17-19-45(20-18-44)25-13-15-46(16-14-25)31-22-32(51-2)30(21-29(31)41-35(47)24-9-11-26(12-10-24)53(38,49)50)42-36-39-23-27(37)34(43-36)40-28-7-5-6-8-33(28)52(3,4)48/h5-12,21-23,25H,13-20H2,1-4H3,(H,41,47)(H2,39,40,42,43). The lowest BCUT2D eigenvalue weighted by molar-refractivity contribution is 0.0981. The van der Waals surface area contributed by atoms with Crippen LogP contribution in [-0.4, -0.2) is 107 Å². The normalized spacial score (nSPS) is 16.3. The average Bonchev–Trinajstić information content (AvgIpc) is 3.13. The molecule has 3 aromatic carbocycles. The maximum absolute atomic E-state index is 13.6. The highest BCUT2D eigenvalue weighted by Crippen LogP contribution is 2.41. The lowest BCUT2D eigenvalue weighted by Gasteiger charge is -2.43. The second-order valence-electron chi connectivity index (χ2n) is 13.6. The zero-order valence-corrected chi connectivity index (χ0v) is 32.4. The number of benzene rings is 3. The van der Waals surface area contributed by atoms with Crippen LogP contribution in [0.1, 0.15) is 23.2 Å². The Hall–Kier alpha value is -4.27. The Kier molecular flexibility index (Phi) is 11.6. The number of likely N-dealkylation sites (N-methyl/N-ethyl adjacent to an activating group) is 1. The molecule has 17 heteroatoms. The summed E-state index contributed by atoms with van der Waals surface area (Å²) in [5, 5.41) is 10.3. The van der Waals surface area contributed by atoms with Gasteiger partial charge in [-0.3, -0.25) is 9.69 Å². The van der Waals surface area contributed by atoms with Crippen molar-refractivity contribution in [3.05, 3.63) is 77.4 Å². The van der Waals surface area contributed by atoms with Crippen LogP contribution in [0.4, 0.5) is 38.4 Å². The Labute approximate surface area is 314 Å². The van der Waals surface area contributed by atoms with E-state index in [-0.39, 0.29) is 22.4 Å². The summed E-state index contributed by atoms with van der Waals surface area (Å²) in [6, 6.07) is 15.9. The van der Waals surface area contributed by atoms with Crippen molar-refractivity contribution in [3.8, 4) is 5.75 Å². The molecule has 2 fully saturated rings. The van der Waals surface area contributed by atoms with Gasteiger partial charge >= 0.3 is 10.2 Å². The van der Waals surface area contributed by atoms with Crippen molar-refractivity contribution >= 4 is 74.7 Å². The van der Waals surface area contributed by atoms with Gasteiger partial charge in [-0.05, 0) is 75.7 Å². The molecule has 2 aliphatic heterocycles. The molecule has 13 nitrogen and oxygen atoms in total. The summed E-state index contributed by atoms with van der Waals surface area (Å²) in [4.78, 5) is 29.1. The van der Waals surface area contributed by atoms with E-state index in [1.807, 2.05) is 18.2 Å². The third kappa shape index (κ3) is 9.28. The minimum atomic E-state index is -4.92. The fourth-order valence-electron chi connectivity index (χ4n) is 6.63. The topological polar surface area (TPSA) is 149 Å². The first-order valence-corrected chi connectivity index (χ1v) is 21.5. The molecule has 4 aromatic rings. The first-order valence-electron chi connectivity index (χ1n) is 17.2. The van der Waals surface area contributed by atoms with E-state index in [2.05, 4.69) is 47.7 Å². The highest BCUT2D eigenvalue weighted by molar-refractivity contribution is 7.86. The molecule has 282 valence electrons. The second-order valence-corrected chi connectivity index (χ2v) is 18.5. The lowest BCUT2D eigenvalue weighted by Crippen LogP contribution is -2.52. The molecule has 3 heterocycles. The number of anilines is 6. The molecular formula is C36H43ClFN8O5PS. The number of piperazine rings is 1. The molecule has 53 heavy (non-hydrogen) atoms. The van der Waals surface area contributed by atoms with Crippen molar-refractivity contribution in [1.29, 1.82) is 0 Å². The Balaban J connectivity index is 1.30. The van der Waals surface area contributed by atoms with Crippen molar-refractivity contribution in [3.63, 3.8) is 0 Å². The minimum Gasteiger partial charge on any atom is -0.494 e. The van der Waals surface area contributed by atoms with Gasteiger partial charge in [-0.2, -0.15) is 13.4 Å². The van der Waals surface area contributed by atoms with Crippen LogP contribution in [0.15, 0.2) is 71.8 Å². The quantitative estimate of drug-likeness (QED) is 0.121. The largest absolute Gasteiger partial charge is 0.494 e. The van der Waals surface area contributed by atoms with Crippen molar-refractivity contribution < 1.29 is 26.4 Å². The predicted molar refractivity (Wildman–Crippen MR) is 209 cm³/mol. The summed E-state index contributed by atoms with van der Waals surface area (Å²) in [6.45, 7) is 9.03. The molecule has 2 aliphatic rings. The fourth-order valence-corrected chi connectivity index (χ4v) is 8.39. The van der Waals surface area contributed by atoms with Crippen molar-refractivity contribution in [1.82, 2.24) is 19.8 Å². The maximum Gasteiger partial charge on any atom is 0.332 e. The van der Waals surface area contributed by atoms with Gasteiger partial charge in [0.15, 0.2) is 5.82 Å². The number of piperidine rings is 1. The molecule has 0 aliphatic carbocycles.